The smallest absolute Gasteiger partial charge is 0.163 e. The summed E-state index contributed by atoms with van der Waals surface area (Å²) >= 11 is 12.4. The first-order chi connectivity index (χ1) is 12.1. The molecule has 26 heavy (non-hydrogen) atoms. The van der Waals surface area contributed by atoms with Gasteiger partial charge in [0.2, 0.25) is 0 Å². The molecule has 1 aliphatic carbocycles. The SMILES string of the molecule is CC.CC(C)(O)O.Cc1c(Cl)nc2c(ncn2C2CCC(CO)C2)c1Cl. The number of hydrogen-bond donors (Lipinski definition) is 3. The maximum atomic E-state index is 9.24. The summed E-state index contributed by atoms with van der Waals surface area (Å²) in [4.78, 5) is 8.77. The molecule has 2 aromatic rings. The van der Waals surface area contributed by atoms with E-state index < -0.39 is 5.79 Å². The highest BCUT2D eigenvalue weighted by Crippen LogP contribution is 2.37. The summed E-state index contributed by atoms with van der Waals surface area (Å²) in [5.74, 6) is -1.13. The quantitative estimate of drug-likeness (QED) is 0.516. The number of hydrogen-bond acceptors (Lipinski definition) is 5. The average Bonchev–Trinajstić information content (AvgIpc) is 3.19. The number of fused-ring (bicyclic) bond motifs is 1. The van der Waals surface area contributed by atoms with E-state index in [4.69, 9.17) is 33.4 Å². The molecular formula is C18H29Cl2N3O3. The molecule has 2 unspecified atom stereocenters. The highest BCUT2D eigenvalue weighted by atomic mass is 35.5. The minimum absolute atomic E-state index is 0.247. The second kappa shape index (κ2) is 9.85. The van der Waals surface area contributed by atoms with Crippen molar-refractivity contribution < 1.29 is 15.3 Å². The molecule has 6 nitrogen and oxygen atoms in total. The van der Waals surface area contributed by atoms with E-state index in [1.54, 1.807) is 6.33 Å². The van der Waals surface area contributed by atoms with Gasteiger partial charge in [0.25, 0.3) is 0 Å². The number of halogens is 2. The van der Waals surface area contributed by atoms with Gasteiger partial charge < -0.3 is 19.9 Å². The Hall–Kier alpha value is -0.920. The maximum absolute atomic E-state index is 9.24. The van der Waals surface area contributed by atoms with Gasteiger partial charge in [-0.05, 0) is 46.0 Å². The van der Waals surface area contributed by atoms with Crippen LogP contribution in [-0.2, 0) is 0 Å². The van der Waals surface area contributed by atoms with Gasteiger partial charge in [0, 0.05) is 18.2 Å². The molecule has 0 aliphatic heterocycles. The Balaban J connectivity index is 0.000000420. The van der Waals surface area contributed by atoms with Crippen LogP contribution in [0.5, 0.6) is 0 Å². The van der Waals surface area contributed by atoms with Crippen molar-refractivity contribution >= 4 is 34.4 Å². The van der Waals surface area contributed by atoms with Gasteiger partial charge in [-0.2, -0.15) is 0 Å². The third kappa shape index (κ3) is 6.06. The minimum atomic E-state index is -1.50. The van der Waals surface area contributed by atoms with E-state index in [-0.39, 0.29) is 6.61 Å². The second-order valence-electron chi connectivity index (χ2n) is 6.68. The second-order valence-corrected chi connectivity index (χ2v) is 7.41. The van der Waals surface area contributed by atoms with Crippen molar-refractivity contribution in [2.24, 2.45) is 5.92 Å². The lowest BCUT2D eigenvalue weighted by Crippen LogP contribution is -2.15. The molecule has 0 saturated heterocycles. The molecule has 2 heterocycles. The van der Waals surface area contributed by atoms with Gasteiger partial charge in [-0.25, -0.2) is 9.97 Å². The molecule has 1 saturated carbocycles. The molecule has 0 radical (unpaired) electrons. The summed E-state index contributed by atoms with van der Waals surface area (Å²) in [6.07, 6.45) is 4.80. The first kappa shape index (κ1) is 23.1. The third-order valence-electron chi connectivity index (χ3n) is 3.98. The van der Waals surface area contributed by atoms with Gasteiger partial charge in [-0.3, -0.25) is 0 Å². The molecule has 1 fully saturated rings. The van der Waals surface area contributed by atoms with Crippen LogP contribution in [0.2, 0.25) is 10.2 Å². The van der Waals surface area contributed by atoms with E-state index in [9.17, 15) is 5.11 Å². The molecule has 2 atom stereocenters. The Morgan fingerprint density at radius 2 is 1.81 bits per heavy atom. The number of aliphatic hydroxyl groups is 3. The number of imidazole rings is 1. The van der Waals surface area contributed by atoms with E-state index in [1.807, 2.05) is 25.3 Å². The fraction of sp³-hybridized carbons (Fsp3) is 0.667. The van der Waals surface area contributed by atoms with E-state index in [2.05, 4.69) is 9.97 Å². The van der Waals surface area contributed by atoms with Gasteiger partial charge in [0.1, 0.15) is 10.7 Å². The number of aromatic nitrogens is 3. The Morgan fingerprint density at radius 1 is 1.23 bits per heavy atom. The summed E-state index contributed by atoms with van der Waals surface area (Å²) in [5.41, 5.74) is 2.21. The van der Waals surface area contributed by atoms with Gasteiger partial charge in [0.05, 0.1) is 11.3 Å². The highest BCUT2D eigenvalue weighted by molar-refractivity contribution is 6.38. The van der Waals surface area contributed by atoms with Crippen LogP contribution in [0.4, 0.5) is 0 Å². The van der Waals surface area contributed by atoms with Crippen LogP contribution in [0.3, 0.4) is 0 Å². The topological polar surface area (TPSA) is 91.4 Å². The monoisotopic (exact) mass is 405 g/mol. The Bertz CT molecular complexity index is 708. The Kier molecular flexibility index (Phi) is 8.76. The predicted molar refractivity (Wildman–Crippen MR) is 106 cm³/mol. The van der Waals surface area contributed by atoms with Crippen LogP contribution in [0, 0.1) is 12.8 Å². The zero-order chi connectivity index (χ0) is 20.1. The first-order valence-corrected chi connectivity index (χ1v) is 9.61. The molecule has 0 amide bonds. The molecule has 0 bridgehead atoms. The fourth-order valence-corrected chi connectivity index (χ4v) is 3.25. The molecule has 8 heteroatoms. The lowest BCUT2D eigenvalue weighted by molar-refractivity contribution is -0.127. The summed E-state index contributed by atoms with van der Waals surface area (Å²) in [5, 5.41) is 26.4. The third-order valence-corrected chi connectivity index (χ3v) is 4.81. The van der Waals surface area contributed by atoms with E-state index in [0.717, 1.165) is 30.5 Å². The molecule has 2 aromatic heterocycles. The number of nitrogens with zero attached hydrogens (tertiary/aromatic N) is 3. The van der Waals surface area contributed by atoms with Crippen molar-refractivity contribution in [1.29, 1.82) is 0 Å². The molecule has 3 rings (SSSR count). The molecular weight excluding hydrogens is 377 g/mol. The van der Waals surface area contributed by atoms with Crippen LogP contribution in [-0.4, -0.2) is 42.2 Å². The standard InChI is InChI=1S/C13H15Cl2N3O.C3H8O2.C2H6/c1-7-10(14)11-13(17-12(7)15)18(6-16-11)9-3-2-8(4-9)5-19;1-3(2,4)5;1-2/h6,8-9,19H,2-5H2,1H3;4-5H,1-2H3;1-2H3. The molecule has 148 valence electrons. The zero-order valence-corrected chi connectivity index (χ0v) is 17.5. The number of rotatable bonds is 2. The van der Waals surface area contributed by atoms with E-state index >= 15 is 0 Å². The lowest BCUT2D eigenvalue weighted by Gasteiger charge is -2.13. The fourth-order valence-electron chi connectivity index (χ4n) is 2.80. The number of aliphatic hydroxyl groups excluding tert-OH is 1. The summed E-state index contributed by atoms with van der Waals surface area (Å²) in [7, 11) is 0. The average molecular weight is 406 g/mol. The van der Waals surface area contributed by atoms with Crippen LogP contribution < -0.4 is 0 Å². The van der Waals surface area contributed by atoms with Crippen LogP contribution >= 0.6 is 23.2 Å². The van der Waals surface area contributed by atoms with Crippen molar-refractivity contribution in [2.45, 2.75) is 65.7 Å². The largest absolute Gasteiger partial charge is 0.396 e. The highest BCUT2D eigenvalue weighted by Gasteiger charge is 2.27. The van der Waals surface area contributed by atoms with Gasteiger partial charge in [0.15, 0.2) is 11.4 Å². The van der Waals surface area contributed by atoms with E-state index in [0.29, 0.717) is 27.7 Å². The Morgan fingerprint density at radius 3 is 2.31 bits per heavy atom. The maximum Gasteiger partial charge on any atom is 0.163 e. The summed E-state index contributed by atoms with van der Waals surface area (Å²) < 4.78 is 2.04. The first-order valence-electron chi connectivity index (χ1n) is 8.85. The Labute approximate surface area is 164 Å². The van der Waals surface area contributed by atoms with Gasteiger partial charge in [-0.1, -0.05) is 37.0 Å². The molecule has 1 aliphatic rings. The predicted octanol–water partition coefficient (Wildman–Crippen LogP) is 4.11. The molecule has 0 aromatic carbocycles. The van der Waals surface area contributed by atoms with E-state index in [1.165, 1.54) is 13.8 Å². The molecule has 0 spiro atoms. The van der Waals surface area contributed by atoms with Crippen molar-refractivity contribution in [3.05, 3.63) is 22.1 Å². The van der Waals surface area contributed by atoms with Crippen LogP contribution in [0.15, 0.2) is 6.33 Å². The minimum Gasteiger partial charge on any atom is -0.396 e. The normalized spacial score (nSPS) is 19.6. The molecule has 3 N–H and O–H groups in total. The van der Waals surface area contributed by atoms with Crippen LogP contribution in [0.1, 0.15) is 58.6 Å². The summed E-state index contributed by atoms with van der Waals surface area (Å²) in [6, 6.07) is 0.324. The van der Waals surface area contributed by atoms with Crippen molar-refractivity contribution in [3.63, 3.8) is 0 Å². The summed E-state index contributed by atoms with van der Waals surface area (Å²) in [6.45, 7) is 8.69. The zero-order valence-electron chi connectivity index (χ0n) is 16.0. The van der Waals surface area contributed by atoms with Crippen molar-refractivity contribution in [1.82, 2.24) is 14.5 Å². The van der Waals surface area contributed by atoms with Gasteiger partial charge in [-0.15, -0.1) is 0 Å². The van der Waals surface area contributed by atoms with Gasteiger partial charge >= 0.3 is 0 Å². The lowest BCUT2D eigenvalue weighted by atomic mass is 10.1. The number of pyridine rings is 1. The van der Waals surface area contributed by atoms with Crippen LogP contribution in [0.25, 0.3) is 11.2 Å². The van der Waals surface area contributed by atoms with Crippen molar-refractivity contribution in [2.75, 3.05) is 6.61 Å². The van der Waals surface area contributed by atoms with Crippen molar-refractivity contribution in [3.8, 4) is 0 Å².